The minimum atomic E-state index is -0.158. The van der Waals surface area contributed by atoms with Gasteiger partial charge in [-0.15, -0.1) is 0 Å². The van der Waals surface area contributed by atoms with Gasteiger partial charge in [0.1, 0.15) is 0 Å². The molecule has 0 atom stereocenters. The van der Waals surface area contributed by atoms with E-state index in [1.165, 1.54) is 19.3 Å². The molecule has 0 heterocycles. The normalized spacial score (nSPS) is 16.1. The SMILES string of the molecule is O=C(N/N=C(\c1ccccc1)C1CCCCC1)c1ccccc1. The molecule has 1 fully saturated rings. The molecular weight excluding hydrogens is 284 g/mol. The number of nitrogens with one attached hydrogen (secondary N) is 1. The number of hydrogen-bond donors (Lipinski definition) is 1. The predicted octanol–water partition coefficient (Wildman–Crippen LogP) is 4.40. The Balaban J connectivity index is 1.81. The zero-order chi connectivity index (χ0) is 15.9. The highest BCUT2D eigenvalue weighted by molar-refractivity contribution is 6.03. The molecule has 0 bridgehead atoms. The van der Waals surface area contributed by atoms with Gasteiger partial charge < -0.3 is 0 Å². The monoisotopic (exact) mass is 306 g/mol. The number of benzene rings is 2. The van der Waals surface area contributed by atoms with Gasteiger partial charge in [-0.1, -0.05) is 67.8 Å². The third-order valence-electron chi connectivity index (χ3n) is 4.38. The van der Waals surface area contributed by atoms with Crippen LogP contribution in [0.4, 0.5) is 0 Å². The maximum absolute atomic E-state index is 12.2. The summed E-state index contributed by atoms with van der Waals surface area (Å²) < 4.78 is 0. The van der Waals surface area contributed by atoms with Crippen LogP contribution in [-0.4, -0.2) is 11.6 Å². The fourth-order valence-electron chi connectivity index (χ4n) is 3.14. The summed E-state index contributed by atoms with van der Waals surface area (Å²) in [5.41, 5.74) is 5.49. The summed E-state index contributed by atoms with van der Waals surface area (Å²) in [5.74, 6) is 0.275. The van der Waals surface area contributed by atoms with E-state index in [0.717, 1.165) is 24.1 Å². The second-order valence-electron chi connectivity index (χ2n) is 6.00. The van der Waals surface area contributed by atoms with Crippen LogP contribution in [0.3, 0.4) is 0 Å². The largest absolute Gasteiger partial charge is 0.271 e. The van der Waals surface area contributed by atoms with Crippen molar-refractivity contribution < 1.29 is 4.79 Å². The van der Waals surface area contributed by atoms with Crippen molar-refractivity contribution in [2.24, 2.45) is 11.0 Å². The van der Waals surface area contributed by atoms with E-state index < -0.39 is 0 Å². The lowest BCUT2D eigenvalue weighted by Gasteiger charge is -2.23. The molecule has 3 rings (SSSR count). The van der Waals surface area contributed by atoms with Crippen molar-refractivity contribution >= 4 is 11.6 Å². The van der Waals surface area contributed by atoms with Crippen molar-refractivity contribution in [3.8, 4) is 0 Å². The average Bonchev–Trinajstić information content (AvgIpc) is 2.64. The van der Waals surface area contributed by atoms with Gasteiger partial charge >= 0.3 is 0 Å². The van der Waals surface area contributed by atoms with Gasteiger partial charge in [0, 0.05) is 11.5 Å². The minimum Gasteiger partial charge on any atom is -0.267 e. The molecule has 3 nitrogen and oxygen atoms in total. The molecule has 0 unspecified atom stereocenters. The van der Waals surface area contributed by atoms with E-state index in [1.54, 1.807) is 12.1 Å². The van der Waals surface area contributed by atoms with E-state index >= 15 is 0 Å². The number of hydrazone groups is 1. The number of nitrogens with zero attached hydrogens (tertiary/aromatic N) is 1. The third kappa shape index (κ3) is 4.07. The van der Waals surface area contributed by atoms with E-state index in [0.29, 0.717) is 11.5 Å². The minimum absolute atomic E-state index is 0.158. The lowest BCUT2D eigenvalue weighted by Crippen LogP contribution is -2.25. The van der Waals surface area contributed by atoms with Crippen molar-refractivity contribution in [2.75, 3.05) is 0 Å². The van der Waals surface area contributed by atoms with Gasteiger partial charge in [-0.2, -0.15) is 5.10 Å². The molecule has 1 amide bonds. The molecule has 0 spiro atoms. The zero-order valence-corrected chi connectivity index (χ0v) is 13.2. The summed E-state index contributed by atoms with van der Waals surface area (Å²) in [6, 6.07) is 19.4. The highest BCUT2D eigenvalue weighted by atomic mass is 16.2. The summed E-state index contributed by atoms with van der Waals surface area (Å²) in [6.45, 7) is 0. The van der Waals surface area contributed by atoms with Gasteiger partial charge in [-0.3, -0.25) is 4.79 Å². The van der Waals surface area contributed by atoms with E-state index in [9.17, 15) is 4.79 Å². The molecule has 0 saturated heterocycles. The average molecular weight is 306 g/mol. The second kappa shape index (κ2) is 7.73. The van der Waals surface area contributed by atoms with Crippen LogP contribution >= 0.6 is 0 Å². The smallest absolute Gasteiger partial charge is 0.267 e. The molecule has 0 radical (unpaired) electrons. The van der Waals surface area contributed by atoms with Crippen LogP contribution in [0.1, 0.15) is 48.0 Å². The molecule has 1 saturated carbocycles. The Labute approximate surface area is 137 Å². The second-order valence-corrected chi connectivity index (χ2v) is 6.00. The Hall–Kier alpha value is -2.42. The van der Waals surface area contributed by atoms with Gasteiger partial charge in [0.2, 0.25) is 0 Å². The van der Waals surface area contributed by atoms with Crippen molar-refractivity contribution in [3.05, 3.63) is 71.8 Å². The number of carbonyl (C=O) groups excluding carboxylic acids is 1. The molecule has 1 N–H and O–H groups in total. The first-order valence-corrected chi connectivity index (χ1v) is 8.33. The van der Waals surface area contributed by atoms with Crippen molar-refractivity contribution in [1.29, 1.82) is 0 Å². The number of carbonyl (C=O) groups is 1. The van der Waals surface area contributed by atoms with E-state index in [1.807, 2.05) is 36.4 Å². The Morgan fingerprint density at radius 2 is 1.39 bits per heavy atom. The van der Waals surface area contributed by atoms with Crippen LogP contribution in [0, 0.1) is 5.92 Å². The van der Waals surface area contributed by atoms with Gasteiger partial charge in [-0.05, 0) is 30.5 Å². The Morgan fingerprint density at radius 3 is 2.00 bits per heavy atom. The number of rotatable bonds is 4. The van der Waals surface area contributed by atoms with Gasteiger partial charge in [0.05, 0.1) is 5.71 Å². The third-order valence-corrected chi connectivity index (χ3v) is 4.38. The molecule has 3 heteroatoms. The first kappa shape index (κ1) is 15.5. The molecule has 1 aliphatic carbocycles. The molecule has 23 heavy (non-hydrogen) atoms. The molecular formula is C20H22N2O. The fourth-order valence-corrected chi connectivity index (χ4v) is 3.14. The topological polar surface area (TPSA) is 41.5 Å². The summed E-state index contributed by atoms with van der Waals surface area (Å²) in [4.78, 5) is 12.2. The molecule has 0 aliphatic heterocycles. The Kier molecular flexibility index (Phi) is 5.20. The maximum atomic E-state index is 12.2. The zero-order valence-electron chi connectivity index (χ0n) is 13.2. The summed E-state index contributed by atoms with van der Waals surface area (Å²) in [5, 5.41) is 4.51. The number of hydrogen-bond acceptors (Lipinski definition) is 2. The standard InChI is InChI=1S/C20H22N2O/c23-20(18-14-8-3-9-15-18)22-21-19(16-10-4-1-5-11-16)17-12-6-2-7-13-17/h1,3-5,8-11,14-15,17H,2,6-7,12-13H2,(H,22,23)/b21-19+. The summed E-state index contributed by atoms with van der Waals surface area (Å²) >= 11 is 0. The Morgan fingerprint density at radius 1 is 0.826 bits per heavy atom. The van der Waals surface area contributed by atoms with Crippen LogP contribution in [-0.2, 0) is 0 Å². The lowest BCUT2D eigenvalue weighted by molar-refractivity contribution is 0.0954. The van der Waals surface area contributed by atoms with Crippen LogP contribution in [0.5, 0.6) is 0 Å². The van der Waals surface area contributed by atoms with Gasteiger partial charge in [0.25, 0.3) is 5.91 Å². The van der Waals surface area contributed by atoms with Crippen LogP contribution in [0.15, 0.2) is 65.8 Å². The van der Waals surface area contributed by atoms with Crippen molar-refractivity contribution in [2.45, 2.75) is 32.1 Å². The van der Waals surface area contributed by atoms with Crippen LogP contribution in [0.2, 0.25) is 0 Å². The van der Waals surface area contributed by atoms with Crippen molar-refractivity contribution in [3.63, 3.8) is 0 Å². The van der Waals surface area contributed by atoms with E-state index in [4.69, 9.17) is 0 Å². The van der Waals surface area contributed by atoms with E-state index in [2.05, 4.69) is 22.7 Å². The molecule has 2 aromatic rings. The molecule has 0 aromatic heterocycles. The first-order valence-electron chi connectivity index (χ1n) is 8.33. The maximum Gasteiger partial charge on any atom is 0.271 e. The summed E-state index contributed by atoms with van der Waals surface area (Å²) in [7, 11) is 0. The van der Waals surface area contributed by atoms with Crippen LogP contribution in [0.25, 0.3) is 0 Å². The van der Waals surface area contributed by atoms with Gasteiger partial charge in [0.15, 0.2) is 0 Å². The number of amides is 1. The van der Waals surface area contributed by atoms with E-state index in [-0.39, 0.29) is 5.91 Å². The quantitative estimate of drug-likeness (QED) is 0.660. The molecule has 118 valence electrons. The predicted molar refractivity (Wildman–Crippen MR) is 93.5 cm³/mol. The van der Waals surface area contributed by atoms with Gasteiger partial charge in [-0.25, -0.2) is 5.43 Å². The fraction of sp³-hybridized carbons (Fsp3) is 0.300. The Bertz CT molecular complexity index is 659. The lowest BCUT2D eigenvalue weighted by atomic mass is 9.83. The molecule has 1 aliphatic rings. The first-order chi connectivity index (χ1) is 11.3. The van der Waals surface area contributed by atoms with Crippen LogP contribution < -0.4 is 5.43 Å². The van der Waals surface area contributed by atoms with Crippen molar-refractivity contribution in [1.82, 2.24) is 5.43 Å². The highest BCUT2D eigenvalue weighted by Gasteiger charge is 2.21. The highest BCUT2D eigenvalue weighted by Crippen LogP contribution is 2.27. The summed E-state index contributed by atoms with van der Waals surface area (Å²) in [6.07, 6.45) is 6.07. The molecule has 2 aromatic carbocycles.